The molecule has 106 valence electrons. The molecule has 2 aromatic rings. The Kier molecular flexibility index (Phi) is 4.61. The summed E-state index contributed by atoms with van der Waals surface area (Å²) >= 11 is 4.65. The number of thiazole rings is 1. The Morgan fingerprint density at radius 3 is 2.85 bits per heavy atom. The van der Waals surface area contributed by atoms with Crippen molar-refractivity contribution in [1.29, 1.82) is 0 Å². The molecule has 0 aliphatic carbocycles. The van der Waals surface area contributed by atoms with E-state index in [1.165, 1.54) is 11.3 Å². The quantitative estimate of drug-likeness (QED) is 0.785. The number of amides is 1. The van der Waals surface area contributed by atoms with E-state index in [1.807, 2.05) is 32.0 Å². The molecule has 2 rings (SSSR count). The van der Waals surface area contributed by atoms with Crippen molar-refractivity contribution in [2.75, 3.05) is 22.9 Å². The molecule has 0 radical (unpaired) electrons. The fourth-order valence-corrected chi connectivity index (χ4v) is 3.17. The van der Waals surface area contributed by atoms with Crippen LogP contribution in [0.3, 0.4) is 0 Å². The topological polar surface area (TPSA) is 80.0 Å². The molecule has 5 nitrogen and oxygen atoms in total. The maximum absolute atomic E-state index is 12.2. The van der Waals surface area contributed by atoms with Crippen molar-refractivity contribution in [3.8, 4) is 0 Å². The molecule has 4 N–H and O–H groups in total. The van der Waals surface area contributed by atoms with Crippen molar-refractivity contribution in [2.24, 2.45) is 0 Å². The fourth-order valence-electron chi connectivity index (χ4n) is 1.72. The molecular formula is C13H15BrN4OS. The average Bonchev–Trinajstić information content (AvgIpc) is 2.69. The van der Waals surface area contributed by atoms with Gasteiger partial charge in [-0.1, -0.05) is 27.3 Å². The summed E-state index contributed by atoms with van der Waals surface area (Å²) in [4.78, 5) is 16.7. The number of nitrogens with two attached hydrogens (primary N) is 1. The molecule has 0 atom stereocenters. The average molecular weight is 355 g/mol. The number of aryl methyl sites for hydroxylation is 1. The maximum atomic E-state index is 12.2. The second kappa shape index (κ2) is 6.23. The van der Waals surface area contributed by atoms with Crippen molar-refractivity contribution >= 4 is 49.8 Å². The molecule has 0 unspecified atom stereocenters. The number of carbonyl (C=O) groups is 1. The van der Waals surface area contributed by atoms with Crippen LogP contribution < -0.4 is 16.4 Å². The number of nitrogen functional groups attached to an aromatic ring is 1. The number of rotatable bonds is 4. The molecule has 0 saturated carbocycles. The Labute approximate surface area is 129 Å². The number of carbonyl (C=O) groups excluding carboxylic acids is 1. The van der Waals surface area contributed by atoms with Crippen molar-refractivity contribution in [3.63, 3.8) is 0 Å². The van der Waals surface area contributed by atoms with Gasteiger partial charge in [-0.3, -0.25) is 4.79 Å². The third-order valence-corrected chi connectivity index (χ3v) is 3.97. The van der Waals surface area contributed by atoms with E-state index in [1.54, 1.807) is 0 Å². The van der Waals surface area contributed by atoms with E-state index in [4.69, 9.17) is 5.73 Å². The first kappa shape index (κ1) is 14.8. The Morgan fingerprint density at radius 1 is 1.45 bits per heavy atom. The minimum atomic E-state index is -0.248. The predicted molar refractivity (Wildman–Crippen MR) is 87.5 cm³/mol. The van der Waals surface area contributed by atoms with Crippen LogP contribution in [0.15, 0.2) is 22.7 Å². The monoisotopic (exact) mass is 354 g/mol. The van der Waals surface area contributed by atoms with Crippen LogP contribution in [0.5, 0.6) is 0 Å². The highest BCUT2D eigenvalue weighted by molar-refractivity contribution is 9.10. The Balaban J connectivity index is 2.19. The van der Waals surface area contributed by atoms with Crippen LogP contribution in [0.2, 0.25) is 0 Å². The second-order valence-electron chi connectivity index (χ2n) is 4.24. The van der Waals surface area contributed by atoms with Crippen LogP contribution >= 0.6 is 27.3 Å². The van der Waals surface area contributed by atoms with Crippen molar-refractivity contribution in [2.45, 2.75) is 13.8 Å². The van der Waals surface area contributed by atoms with Gasteiger partial charge in [0.1, 0.15) is 10.7 Å². The number of nitrogens with zero attached hydrogens (tertiary/aromatic N) is 1. The van der Waals surface area contributed by atoms with Gasteiger partial charge < -0.3 is 16.4 Å². The zero-order valence-corrected chi connectivity index (χ0v) is 13.6. The maximum Gasteiger partial charge on any atom is 0.269 e. The molecule has 1 heterocycles. The largest absolute Gasteiger partial charge is 0.382 e. The van der Waals surface area contributed by atoms with Gasteiger partial charge in [0.05, 0.1) is 0 Å². The molecule has 0 aliphatic heterocycles. The van der Waals surface area contributed by atoms with Crippen LogP contribution in [0.1, 0.15) is 22.2 Å². The van der Waals surface area contributed by atoms with Crippen molar-refractivity contribution < 1.29 is 4.79 Å². The van der Waals surface area contributed by atoms with E-state index in [2.05, 4.69) is 31.5 Å². The third kappa shape index (κ3) is 3.49. The Bertz CT molecular complexity index is 621. The van der Waals surface area contributed by atoms with Crippen LogP contribution in [0.4, 0.5) is 16.6 Å². The molecule has 0 saturated heterocycles. The Hall–Kier alpha value is -1.60. The van der Waals surface area contributed by atoms with Gasteiger partial charge >= 0.3 is 0 Å². The highest BCUT2D eigenvalue weighted by Crippen LogP contribution is 2.26. The number of halogens is 1. The van der Waals surface area contributed by atoms with Gasteiger partial charge in [0.2, 0.25) is 0 Å². The number of hydrogen-bond donors (Lipinski definition) is 3. The van der Waals surface area contributed by atoms with Gasteiger partial charge in [0.25, 0.3) is 5.91 Å². The number of hydrogen-bond acceptors (Lipinski definition) is 5. The molecule has 1 amide bonds. The zero-order valence-electron chi connectivity index (χ0n) is 11.2. The van der Waals surface area contributed by atoms with E-state index in [-0.39, 0.29) is 11.7 Å². The molecule has 0 spiro atoms. The first-order chi connectivity index (χ1) is 9.49. The first-order valence-corrected chi connectivity index (χ1v) is 7.69. The van der Waals surface area contributed by atoms with Crippen molar-refractivity contribution in [1.82, 2.24) is 4.98 Å². The van der Waals surface area contributed by atoms with Gasteiger partial charge in [-0.05, 0) is 37.6 Å². The van der Waals surface area contributed by atoms with Crippen LogP contribution in [-0.4, -0.2) is 17.4 Å². The van der Waals surface area contributed by atoms with E-state index in [9.17, 15) is 4.79 Å². The lowest BCUT2D eigenvalue weighted by Crippen LogP contribution is -2.12. The van der Waals surface area contributed by atoms with Gasteiger partial charge in [0, 0.05) is 16.7 Å². The summed E-state index contributed by atoms with van der Waals surface area (Å²) in [5.41, 5.74) is 7.55. The number of nitrogens with one attached hydrogen (secondary N) is 2. The SMILES string of the molecule is CCNc1nc(N)c(C(=O)Nc2cc(C)cc(Br)c2)s1. The van der Waals surface area contributed by atoms with Crippen LogP contribution in [0, 0.1) is 6.92 Å². The van der Waals surface area contributed by atoms with E-state index in [0.717, 1.165) is 22.3 Å². The Morgan fingerprint density at radius 2 is 2.20 bits per heavy atom. The zero-order chi connectivity index (χ0) is 14.7. The number of aromatic nitrogens is 1. The highest BCUT2D eigenvalue weighted by Gasteiger charge is 2.16. The van der Waals surface area contributed by atoms with Gasteiger partial charge in [0.15, 0.2) is 5.13 Å². The summed E-state index contributed by atoms with van der Waals surface area (Å²) in [5, 5.41) is 6.53. The summed E-state index contributed by atoms with van der Waals surface area (Å²) in [7, 11) is 0. The second-order valence-corrected chi connectivity index (χ2v) is 6.15. The lowest BCUT2D eigenvalue weighted by atomic mass is 10.2. The molecule has 1 aromatic carbocycles. The minimum absolute atomic E-state index is 0.246. The molecule has 0 aliphatic rings. The van der Waals surface area contributed by atoms with Gasteiger partial charge in [-0.15, -0.1) is 0 Å². The third-order valence-electron chi connectivity index (χ3n) is 2.49. The van der Waals surface area contributed by atoms with Crippen LogP contribution in [-0.2, 0) is 0 Å². The lowest BCUT2D eigenvalue weighted by molar-refractivity contribution is 0.103. The minimum Gasteiger partial charge on any atom is -0.382 e. The predicted octanol–water partition coefficient (Wildman–Crippen LogP) is 3.48. The molecular weight excluding hydrogens is 340 g/mol. The summed E-state index contributed by atoms with van der Waals surface area (Å²) in [6, 6.07) is 5.71. The van der Waals surface area contributed by atoms with Crippen molar-refractivity contribution in [3.05, 3.63) is 33.1 Å². The normalized spacial score (nSPS) is 10.3. The highest BCUT2D eigenvalue weighted by atomic mass is 79.9. The first-order valence-electron chi connectivity index (χ1n) is 6.08. The van der Waals surface area contributed by atoms with E-state index < -0.39 is 0 Å². The van der Waals surface area contributed by atoms with E-state index >= 15 is 0 Å². The van der Waals surface area contributed by atoms with Crippen LogP contribution in [0.25, 0.3) is 0 Å². The smallest absolute Gasteiger partial charge is 0.269 e. The summed E-state index contributed by atoms with van der Waals surface area (Å²) < 4.78 is 0.915. The van der Waals surface area contributed by atoms with E-state index in [0.29, 0.717) is 10.0 Å². The summed E-state index contributed by atoms with van der Waals surface area (Å²) in [5.74, 6) is -0.00294. The van der Waals surface area contributed by atoms with Gasteiger partial charge in [-0.25, -0.2) is 4.98 Å². The molecule has 0 bridgehead atoms. The number of benzene rings is 1. The standard InChI is InChI=1S/C13H15BrN4OS/c1-3-16-13-18-11(15)10(20-13)12(19)17-9-5-7(2)4-8(14)6-9/h4-6H,3,15H2,1-2H3,(H,16,18)(H,17,19). The summed E-state index contributed by atoms with van der Waals surface area (Å²) in [6.45, 7) is 4.66. The lowest BCUT2D eigenvalue weighted by Gasteiger charge is -2.06. The number of anilines is 3. The molecule has 20 heavy (non-hydrogen) atoms. The molecule has 1 aromatic heterocycles. The molecule has 7 heteroatoms. The molecule has 0 fully saturated rings. The van der Waals surface area contributed by atoms with Gasteiger partial charge in [-0.2, -0.15) is 0 Å². The fraction of sp³-hybridized carbons (Fsp3) is 0.231. The summed E-state index contributed by atoms with van der Waals surface area (Å²) in [6.07, 6.45) is 0.